The molecule has 1 unspecified atom stereocenters. The molecule has 6 heteroatoms. The second kappa shape index (κ2) is 6.56. The van der Waals surface area contributed by atoms with Gasteiger partial charge in [-0.25, -0.2) is 8.42 Å². The van der Waals surface area contributed by atoms with E-state index in [0.29, 0.717) is 11.3 Å². The predicted molar refractivity (Wildman–Crippen MR) is 81.2 cm³/mol. The van der Waals surface area contributed by atoms with Gasteiger partial charge in [-0.1, -0.05) is 12.1 Å². The van der Waals surface area contributed by atoms with Crippen LogP contribution in [0.25, 0.3) is 0 Å². The molecule has 0 amide bonds. The highest BCUT2D eigenvalue weighted by Gasteiger charge is 2.30. The molecule has 1 saturated heterocycles. The molecular weight excluding hydrogens is 286 g/mol. The van der Waals surface area contributed by atoms with E-state index in [0.717, 1.165) is 31.5 Å². The Bertz CT molecular complexity index is 619. The maximum Gasteiger partial charge on any atom is 0.243 e. The van der Waals surface area contributed by atoms with Crippen molar-refractivity contribution in [2.24, 2.45) is 0 Å². The first-order valence-electron chi connectivity index (χ1n) is 7.07. The molecule has 0 saturated carbocycles. The normalized spacial score (nSPS) is 20.4. The number of likely N-dealkylation sites (N-methyl/N-ethyl adjacent to an activating group) is 2. The second-order valence-corrected chi connectivity index (χ2v) is 7.56. The average molecular weight is 307 g/mol. The quantitative estimate of drug-likeness (QED) is 0.845. The van der Waals surface area contributed by atoms with Crippen molar-refractivity contribution in [3.05, 3.63) is 29.8 Å². The molecule has 1 aromatic carbocycles. The summed E-state index contributed by atoms with van der Waals surface area (Å²) in [5, 5.41) is 8.65. The summed E-state index contributed by atoms with van der Waals surface area (Å²) < 4.78 is 26.8. The molecule has 1 aliphatic heterocycles. The average Bonchev–Trinajstić information content (AvgIpc) is 2.47. The van der Waals surface area contributed by atoms with Gasteiger partial charge in [0.25, 0.3) is 0 Å². The zero-order chi connectivity index (χ0) is 15.5. The van der Waals surface area contributed by atoms with Gasteiger partial charge in [0.05, 0.1) is 17.4 Å². The van der Waals surface area contributed by atoms with Gasteiger partial charge >= 0.3 is 0 Å². The zero-order valence-corrected chi connectivity index (χ0v) is 13.3. The van der Waals surface area contributed by atoms with Crippen molar-refractivity contribution >= 4 is 10.0 Å². The Hall–Kier alpha value is -1.42. The smallest absolute Gasteiger partial charge is 0.243 e. The zero-order valence-electron chi connectivity index (χ0n) is 12.5. The SMILES string of the molecule is CN1CCCC(N(C)S(=O)(=O)c2ccc(CC#N)cc2)C1. The number of hydrogen-bond acceptors (Lipinski definition) is 4. The highest BCUT2D eigenvalue weighted by molar-refractivity contribution is 7.89. The van der Waals surface area contributed by atoms with Crippen LogP contribution in [0.4, 0.5) is 0 Å². The van der Waals surface area contributed by atoms with E-state index in [2.05, 4.69) is 11.0 Å². The Balaban J connectivity index is 2.18. The lowest BCUT2D eigenvalue weighted by atomic mass is 10.1. The van der Waals surface area contributed by atoms with E-state index < -0.39 is 10.0 Å². The molecule has 0 bridgehead atoms. The number of hydrogen-bond donors (Lipinski definition) is 0. The van der Waals surface area contributed by atoms with Crippen LogP contribution in [0.2, 0.25) is 0 Å². The predicted octanol–water partition coefficient (Wildman–Crippen LogP) is 1.47. The lowest BCUT2D eigenvalue weighted by Gasteiger charge is -2.35. The molecule has 0 N–H and O–H groups in total. The van der Waals surface area contributed by atoms with E-state index in [-0.39, 0.29) is 6.04 Å². The van der Waals surface area contributed by atoms with Crippen LogP contribution >= 0.6 is 0 Å². The summed E-state index contributed by atoms with van der Waals surface area (Å²) in [5.41, 5.74) is 0.830. The minimum atomic E-state index is -3.47. The monoisotopic (exact) mass is 307 g/mol. The molecule has 0 aromatic heterocycles. The van der Waals surface area contributed by atoms with E-state index in [1.807, 2.05) is 7.05 Å². The van der Waals surface area contributed by atoms with Gasteiger partial charge in [0.2, 0.25) is 10.0 Å². The minimum Gasteiger partial charge on any atom is -0.305 e. The summed E-state index contributed by atoms with van der Waals surface area (Å²) in [6, 6.07) is 8.66. The van der Waals surface area contributed by atoms with Gasteiger partial charge in [-0.3, -0.25) is 0 Å². The van der Waals surface area contributed by atoms with Crippen molar-refractivity contribution in [3.63, 3.8) is 0 Å². The van der Waals surface area contributed by atoms with Gasteiger partial charge in [-0.15, -0.1) is 0 Å². The topological polar surface area (TPSA) is 64.4 Å². The third-order valence-corrected chi connectivity index (χ3v) is 5.92. The third-order valence-electron chi connectivity index (χ3n) is 4.00. The minimum absolute atomic E-state index is 0.0209. The summed E-state index contributed by atoms with van der Waals surface area (Å²) in [6.07, 6.45) is 2.21. The lowest BCUT2D eigenvalue weighted by Crippen LogP contribution is -2.47. The van der Waals surface area contributed by atoms with Gasteiger partial charge in [-0.2, -0.15) is 9.57 Å². The first kappa shape index (κ1) is 16.0. The number of piperidine rings is 1. The van der Waals surface area contributed by atoms with Crippen LogP contribution in [0.1, 0.15) is 18.4 Å². The van der Waals surface area contributed by atoms with Gasteiger partial charge in [0, 0.05) is 19.6 Å². The van der Waals surface area contributed by atoms with Crippen LogP contribution < -0.4 is 0 Å². The van der Waals surface area contributed by atoms with Crippen molar-refractivity contribution < 1.29 is 8.42 Å². The molecule has 0 aliphatic carbocycles. The number of rotatable bonds is 4. The van der Waals surface area contributed by atoms with E-state index >= 15 is 0 Å². The fourth-order valence-electron chi connectivity index (χ4n) is 2.67. The molecule has 0 radical (unpaired) electrons. The molecule has 1 atom stereocenters. The fraction of sp³-hybridized carbons (Fsp3) is 0.533. The molecule has 1 aromatic rings. The van der Waals surface area contributed by atoms with Crippen molar-refractivity contribution in [2.45, 2.75) is 30.2 Å². The summed E-state index contributed by atoms with van der Waals surface area (Å²) in [7, 11) is 0.202. The first-order chi connectivity index (χ1) is 9.95. The highest BCUT2D eigenvalue weighted by Crippen LogP contribution is 2.22. The van der Waals surface area contributed by atoms with Crippen molar-refractivity contribution in [2.75, 3.05) is 27.2 Å². The molecule has 21 heavy (non-hydrogen) atoms. The van der Waals surface area contributed by atoms with Crippen molar-refractivity contribution in [3.8, 4) is 6.07 Å². The number of nitriles is 1. The van der Waals surface area contributed by atoms with Gasteiger partial charge < -0.3 is 4.90 Å². The highest BCUT2D eigenvalue weighted by atomic mass is 32.2. The van der Waals surface area contributed by atoms with Crippen LogP contribution in [0.3, 0.4) is 0 Å². The molecule has 1 heterocycles. The second-order valence-electron chi connectivity index (χ2n) is 5.56. The van der Waals surface area contributed by atoms with E-state index in [4.69, 9.17) is 5.26 Å². The molecular formula is C15H21N3O2S. The van der Waals surface area contributed by atoms with Crippen molar-refractivity contribution in [1.29, 1.82) is 5.26 Å². The number of nitrogens with zero attached hydrogens (tertiary/aromatic N) is 3. The molecule has 2 rings (SSSR count). The van der Waals surface area contributed by atoms with Crippen LogP contribution in [0.15, 0.2) is 29.2 Å². The van der Waals surface area contributed by atoms with E-state index in [1.165, 1.54) is 4.31 Å². The van der Waals surface area contributed by atoms with Crippen molar-refractivity contribution in [1.82, 2.24) is 9.21 Å². The maximum atomic E-state index is 12.6. The lowest BCUT2D eigenvalue weighted by molar-refractivity contribution is 0.187. The summed E-state index contributed by atoms with van der Waals surface area (Å²) in [4.78, 5) is 2.45. The molecule has 114 valence electrons. The summed E-state index contributed by atoms with van der Waals surface area (Å²) >= 11 is 0. The van der Waals surface area contributed by atoms with Gasteiger partial charge in [0.1, 0.15) is 0 Å². The fourth-order valence-corrected chi connectivity index (χ4v) is 4.05. The Morgan fingerprint density at radius 1 is 1.38 bits per heavy atom. The molecule has 1 aliphatic rings. The number of sulfonamides is 1. The Morgan fingerprint density at radius 3 is 2.62 bits per heavy atom. The van der Waals surface area contributed by atoms with Crippen LogP contribution in [0.5, 0.6) is 0 Å². The largest absolute Gasteiger partial charge is 0.305 e. The van der Waals surface area contributed by atoms with Crippen LogP contribution in [-0.2, 0) is 16.4 Å². The van der Waals surface area contributed by atoms with Gasteiger partial charge in [0.15, 0.2) is 0 Å². The Labute approximate surface area is 126 Å². The molecule has 5 nitrogen and oxygen atoms in total. The summed E-state index contributed by atoms with van der Waals surface area (Å²) in [5.74, 6) is 0. The third kappa shape index (κ3) is 3.62. The molecule has 1 fully saturated rings. The molecule has 0 spiro atoms. The Morgan fingerprint density at radius 2 is 2.05 bits per heavy atom. The number of benzene rings is 1. The van der Waals surface area contributed by atoms with Gasteiger partial charge in [-0.05, 0) is 44.1 Å². The summed E-state index contributed by atoms with van der Waals surface area (Å²) in [6.45, 7) is 1.79. The van der Waals surface area contributed by atoms with E-state index in [9.17, 15) is 8.42 Å². The van der Waals surface area contributed by atoms with E-state index in [1.54, 1.807) is 31.3 Å². The Kier molecular flexibility index (Phi) is 4.99. The van der Waals surface area contributed by atoms with Crippen LogP contribution in [0, 0.1) is 11.3 Å². The number of likely N-dealkylation sites (tertiary alicyclic amines) is 1. The first-order valence-corrected chi connectivity index (χ1v) is 8.51. The standard InChI is InChI=1S/C15H21N3O2S/c1-17-11-3-4-14(12-17)18(2)21(19,20)15-7-5-13(6-8-15)9-10-16/h5-8,14H,3-4,9,11-12H2,1-2H3. The maximum absolute atomic E-state index is 12.6. The van der Waals surface area contributed by atoms with Crippen LogP contribution in [-0.4, -0.2) is 50.8 Å².